The van der Waals surface area contributed by atoms with Crippen LogP contribution in [0.1, 0.15) is 34.3 Å². The quantitative estimate of drug-likeness (QED) is 0.276. The van der Waals surface area contributed by atoms with Crippen LogP contribution >= 0.6 is 0 Å². The average molecular weight is 586 g/mol. The van der Waals surface area contributed by atoms with Crippen molar-refractivity contribution in [1.29, 1.82) is 0 Å². The largest absolute Gasteiger partial charge is 0.505 e. The molecule has 13 heteroatoms. The Kier molecular flexibility index (Phi) is 7.25. The molecule has 0 radical (unpaired) electrons. The van der Waals surface area contributed by atoms with E-state index in [1.54, 1.807) is 37.2 Å². The second-order valence-electron chi connectivity index (χ2n) is 11.2. The number of primary amides is 1. The van der Waals surface area contributed by atoms with Gasteiger partial charge in [-0.1, -0.05) is 12.1 Å². The summed E-state index contributed by atoms with van der Waals surface area (Å²) in [4.78, 5) is 66.9. The molecule has 2 aromatic rings. The summed E-state index contributed by atoms with van der Waals surface area (Å²) in [5, 5.41) is 25.7. The molecule has 2 saturated carbocycles. The molecule has 0 bridgehead atoms. The fourth-order valence-corrected chi connectivity index (χ4v) is 6.53. The lowest BCUT2D eigenvalue weighted by molar-refractivity contribution is -0.175. The smallest absolute Gasteiger partial charge is 0.387 e. The number of aromatic hydroxyl groups is 1. The van der Waals surface area contributed by atoms with Gasteiger partial charge in [-0.15, -0.1) is 0 Å². The molecule has 0 aromatic heterocycles. The van der Waals surface area contributed by atoms with E-state index < -0.39 is 77.1 Å². The predicted molar refractivity (Wildman–Crippen MR) is 143 cm³/mol. The Bertz CT molecular complexity index is 1510. The normalized spacial score (nSPS) is 26.8. The predicted octanol–water partition coefficient (Wildman–Crippen LogP) is 1.61. The molecule has 2 aromatic carbocycles. The highest BCUT2D eigenvalue weighted by atomic mass is 19.3. The number of benzene rings is 2. The fourth-order valence-electron chi connectivity index (χ4n) is 6.53. The van der Waals surface area contributed by atoms with Crippen molar-refractivity contribution in [3.63, 3.8) is 0 Å². The molecule has 1 amide bonds. The topological polar surface area (TPSA) is 176 Å². The van der Waals surface area contributed by atoms with Crippen LogP contribution in [0.5, 0.6) is 11.5 Å². The summed E-state index contributed by atoms with van der Waals surface area (Å²) >= 11 is 0. The summed E-state index contributed by atoms with van der Waals surface area (Å²) in [7, 11) is 3.48. The number of nitrogens with zero attached hydrogens (tertiary/aromatic N) is 1. The van der Waals surface area contributed by atoms with Crippen LogP contribution < -0.4 is 20.7 Å². The first-order valence-corrected chi connectivity index (χ1v) is 13.3. The number of nitrogens with one attached hydrogen (secondary N) is 1. The number of ether oxygens (including phenoxy) is 1. The average Bonchev–Trinajstić information content (AvgIpc) is 2.90. The fraction of sp³-hybridized carbons (Fsp3) is 0.414. The summed E-state index contributed by atoms with van der Waals surface area (Å²) in [5.41, 5.74) is 4.23. The molecule has 42 heavy (non-hydrogen) atoms. The number of halogens is 2. The highest BCUT2D eigenvalue weighted by Gasteiger charge is 2.66. The number of hydrogen-bond donors (Lipinski definition) is 4. The number of nitrogens with two attached hydrogens (primary N) is 1. The molecule has 5 rings (SSSR count). The Balaban J connectivity index is 1.49. The minimum absolute atomic E-state index is 0.0000503. The summed E-state index contributed by atoms with van der Waals surface area (Å²) in [6, 6.07) is 7.46. The molecule has 222 valence electrons. The van der Waals surface area contributed by atoms with Crippen LogP contribution in [0.3, 0.4) is 0 Å². The lowest BCUT2D eigenvalue weighted by Gasteiger charge is -2.48. The third-order valence-electron chi connectivity index (χ3n) is 8.49. The molecule has 3 aliphatic rings. The van der Waals surface area contributed by atoms with E-state index in [1.165, 1.54) is 12.1 Å². The number of carbonyl (C=O) groups excluding carboxylic acids is 5. The number of amides is 1. The van der Waals surface area contributed by atoms with E-state index in [1.807, 2.05) is 0 Å². The van der Waals surface area contributed by atoms with Gasteiger partial charge < -0.3 is 30.9 Å². The maximum absolute atomic E-state index is 13.9. The number of ketones is 4. The first-order valence-electron chi connectivity index (χ1n) is 13.3. The number of phenolic OH excluding ortho intramolecular Hbond substituents is 1. The lowest BCUT2D eigenvalue weighted by Crippen LogP contribution is -2.68. The number of Topliss-reactive ketones (excluding diaryl/α,β-unsaturated/α-hetero) is 4. The van der Waals surface area contributed by atoms with Crippen molar-refractivity contribution in [3.8, 4) is 11.5 Å². The second kappa shape index (κ2) is 10.5. The van der Waals surface area contributed by atoms with Gasteiger partial charge in [-0.3, -0.25) is 24.0 Å². The Labute approximate surface area is 238 Å². The van der Waals surface area contributed by atoms with Crippen LogP contribution in [0, 0.1) is 23.7 Å². The molecule has 2 fully saturated rings. The molecule has 0 aliphatic heterocycles. The number of aliphatic hydroxyl groups is 1. The number of fused-ring (bicyclic) bond motifs is 3. The monoisotopic (exact) mass is 585 g/mol. The van der Waals surface area contributed by atoms with Gasteiger partial charge >= 0.3 is 6.61 Å². The third-order valence-corrected chi connectivity index (χ3v) is 8.49. The number of alkyl halides is 2. The minimum Gasteiger partial charge on any atom is -0.505 e. The van der Waals surface area contributed by atoms with Crippen molar-refractivity contribution < 1.29 is 47.7 Å². The number of carbonyl (C=O) groups is 5. The van der Waals surface area contributed by atoms with Gasteiger partial charge in [0.25, 0.3) is 0 Å². The summed E-state index contributed by atoms with van der Waals surface area (Å²) in [6.07, 6.45) is -0.256. The van der Waals surface area contributed by atoms with Crippen LogP contribution in [0.15, 0.2) is 30.3 Å². The van der Waals surface area contributed by atoms with E-state index in [0.717, 1.165) is 0 Å². The van der Waals surface area contributed by atoms with Crippen LogP contribution in [0.25, 0.3) is 0 Å². The van der Waals surface area contributed by atoms with Gasteiger partial charge in [0.05, 0.1) is 17.2 Å². The first-order chi connectivity index (χ1) is 19.7. The molecular formula is C29H29F2N3O8. The molecule has 2 unspecified atom stereocenters. The summed E-state index contributed by atoms with van der Waals surface area (Å²) in [5.74, 6) is -10.9. The Hall–Kier alpha value is -4.39. The number of phenols is 1. The Morgan fingerprint density at radius 3 is 2.40 bits per heavy atom. The van der Waals surface area contributed by atoms with Crippen LogP contribution in [0.4, 0.5) is 20.2 Å². The molecule has 0 saturated heterocycles. The summed E-state index contributed by atoms with van der Waals surface area (Å²) in [6.45, 7) is -2.83. The van der Waals surface area contributed by atoms with Gasteiger partial charge in [0.15, 0.2) is 34.7 Å². The van der Waals surface area contributed by atoms with Gasteiger partial charge in [0.2, 0.25) is 5.91 Å². The van der Waals surface area contributed by atoms with E-state index >= 15 is 0 Å². The molecule has 11 nitrogen and oxygen atoms in total. The van der Waals surface area contributed by atoms with Crippen LogP contribution in [0.2, 0.25) is 0 Å². The maximum atomic E-state index is 13.9. The van der Waals surface area contributed by atoms with E-state index in [-0.39, 0.29) is 36.4 Å². The van der Waals surface area contributed by atoms with E-state index in [2.05, 4.69) is 10.1 Å². The third kappa shape index (κ3) is 4.57. The van der Waals surface area contributed by atoms with Crippen molar-refractivity contribution >= 4 is 40.4 Å². The Morgan fingerprint density at radius 1 is 1.14 bits per heavy atom. The maximum Gasteiger partial charge on any atom is 0.387 e. The molecule has 5 atom stereocenters. The van der Waals surface area contributed by atoms with Crippen molar-refractivity contribution in [2.45, 2.75) is 38.0 Å². The zero-order chi connectivity index (χ0) is 30.7. The SMILES string of the molecule is CN(C)c1cc(NCc2ccc(OC(F)F)cc2)c(O)c2c1C[C@H]1C[C@H]3CC(=O)C(C(N)=O)C(=O)[C@@]3(O)C(=O)C1C2=O. The second-order valence-corrected chi connectivity index (χ2v) is 11.2. The minimum atomic E-state index is -2.96. The standard InChI is InChI=1S/C29H29F2N3O8/c1-34(2)18-10-17(33-11-12-3-5-15(6-4-12)42-28(30)31)23(36)21-16(18)8-13-7-14-9-19(35)22(27(32)40)26(39)29(14,41)25(38)20(13)24(21)37/h3-6,10,13-14,20,22,28,33,36,41H,7-9,11H2,1-2H3,(H2,32,40)/t13-,14+,20?,22?,29+/m1/s1. The zero-order valence-electron chi connectivity index (χ0n) is 22.7. The zero-order valence-corrected chi connectivity index (χ0v) is 22.7. The van der Waals surface area contributed by atoms with Gasteiger partial charge in [-0.25, -0.2) is 0 Å². The Morgan fingerprint density at radius 2 is 1.81 bits per heavy atom. The highest BCUT2D eigenvalue weighted by molar-refractivity contribution is 6.31. The summed E-state index contributed by atoms with van der Waals surface area (Å²) < 4.78 is 29.2. The van der Waals surface area contributed by atoms with Gasteiger partial charge in [-0.05, 0) is 48.1 Å². The first kappa shape index (κ1) is 29.1. The molecule has 0 spiro atoms. The van der Waals surface area contributed by atoms with Gasteiger partial charge in [0.1, 0.15) is 11.5 Å². The van der Waals surface area contributed by atoms with Crippen molar-refractivity contribution in [2.75, 3.05) is 24.3 Å². The number of rotatable bonds is 7. The van der Waals surface area contributed by atoms with Crippen molar-refractivity contribution in [2.24, 2.45) is 29.4 Å². The lowest BCUT2D eigenvalue weighted by atomic mass is 9.53. The number of anilines is 2. The number of hydrogen-bond acceptors (Lipinski definition) is 10. The van der Waals surface area contributed by atoms with Crippen molar-refractivity contribution in [3.05, 3.63) is 47.0 Å². The van der Waals surface area contributed by atoms with Gasteiger partial charge in [-0.2, -0.15) is 8.78 Å². The van der Waals surface area contributed by atoms with E-state index in [9.17, 15) is 43.0 Å². The van der Waals surface area contributed by atoms with E-state index in [0.29, 0.717) is 16.8 Å². The molecular weight excluding hydrogens is 556 g/mol. The highest BCUT2D eigenvalue weighted by Crippen LogP contribution is 2.52. The van der Waals surface area contributed by atoms with Crippen LogP contribution in [-0.4, -0.2) is 65.6 Å². The van der Waals surface area contributed by atoms with Crippen LogP contribution in [-0.2, 0) is 32.1 Å². The van der Waals surface area contributed by atoms with Gasteiger partial charge in [0, 0.05) is 38.7 Å². The van der Waals surface area contributed by atoms with E-state index in [4.69, 9.17) is 5.73 Å². The molecule has 0 heterocycles. The van der Waals surface area contributed by atoms with Crippen molar-refractivity contribution in [1.82, 2.24) is 0 Å². The molecule has 3 aliphatic carbocycles. The molecule has 5 N–H and O–H groups in total.